The van der Waals surface area contributed by atoms with Crippen LogP contribution in [-0.4, -0.2) is 48.5 Å². The number of aryl methyl sites for hydroxylation is 2. The Morgan fingerprint density at radius 2 is 2.03 bits per heavy atom. The molecule has 0 amide bonds. The van der Waals surface area contributed by atoms with Crippen molar-refractivity contribution in [3.05, 3.63) is 41.6 Å². The number of nitrogen functional groups attached to an aromatic ring is 1. The van der Waals surface area contributed by atoms with Crippen molar-refractivity contribution in [3.63, 3.8) is 0 Å². The largest absolute Gasteiger partial charge is 0.493 e. The first-order valence-corrected chi connectivity index (χ1v) is 11.6. The van der Waals surface area contributed by atoms with Crippen LogP contribution < -0.4 is 10.5 Å². The van der Waals surface area contributed by atoms with E-state index < -0.39 is 12.2 Å². The second-order valence-electron chi connectivity index (χ2n) is 9.07. The predicted molar refractivity (Wildman–Crippen MR) is 121 cm³/mol. The number of ether oxygens (including phenoxy) is 1. The molecule has 170 valence electrons. The molecule has 3 aromatic rings. The van der Waals surface area contributed by atoms with Gasteiger partial charge in [0.2, 0.25) is 0 Å². The lowest BCUT2D eigenvalue weighted by atomic mass is 9.94. The highest BCUT2D eigenvalue weighted by molar-refractivity contribution is 5.86. The third-order valence-corrected chi connectivity index (χ3v) is 6.94. The minimum Gasteiger partial charge on any atom is -0.493 e. The highest BCUT2D eigenvalue weighted by Gasteiger charge is 2.43. The van der Waals surface area contributed by atoms with Gasteiger partial charge in [-0.2, -0.15) is 0 Å². The number of fused-ring (bicyclic) bond motifs is 2. The van der Waals surface area contributed by atoms with Crippen LogP contribution in [0.25, 0.3) is 11.0 Å². The molecule has 0 radical (unpaired) electrons. The first kappa shape index (κ1) is 21.2. The number of nitrogens with two attached hydrogens (primary N) is 1. The number of anilines is 1. The van der Waals surface area contributed by atoms with Crippen molar-refractivity contribution in [1.29, 1.82) is 0 Å². The van der Waals surface area contributed by atoms with Gasteiger partial charge in [0.15, 0.2) is 0 Å². The van der Waals surface area contributed by atoms with Crippen LogP contribution >= 0.6 is 0 Å². The van der Waals surface area contributed by atoms with Gasteiger partial charge in [-0.1, -0.05) is 13.3 Å². The first-order chi connectivity index (χ1) is 15.6. The molecule has 1 unspecified atom stereocenters. The summed E-state index contributed by atoms with van der Waals surface area (Å²) >= 11 is 0. The Morgan fingerprint density at radius 1 is 1.19 bits per heavy atom. The molecule has 3 heterocycles. The van der Waals surface area contributed by atoms with Gasteiger partial charge >= 0.3 is 0 Å². The van der Waals surface area contributed by atoms with E-state index in [1.54, 1.807) is 0 Å². The smallest absolute Gasteiger partial charge is 0.145 e. The molecule has 0 spiro atoms. The fourth-order valence-electron chi connectivity index (χ4n) is 5.23. The van der Waals surface area contributed by atoms with Crippen LogP contribution in [0.5, 0.6) is 5.75 Å². The van der Waals surface area contributed by atoms with Crippen LogP contribution in [0.4, 0.5) is 5.82 Å². The average molecular weight is 438 g/mol. The maximum Gasteiger partial charge on any atom is 0.145 e. The zero-order chi connectivity index (χ0) is 22.2. The summed E-state index contributed by atoms with van der Waals surface area (Å²) in [5.41, 5.74) is 10.1. The van der Waals surface area contributed by atoms with E-state index in [-0.39, 0.29) is 12.0 Å². The third kappa shape index (κ3) is 3.71. The minimum absolute atomic E-state index is 0.186. The molecule has 8 nitrogen and oxygen atoms in total. The van der Waals surface area contributed by atoms with E-state index in [0.717, 1.165) is 54.6 Å². The van der Waals surface area contributed by atoms with Crippen molar-refractivity contribution < 1.29 is 14.9 Å². The van der Waals surface area contributed by atoms with Gasteiger partial charge in [0.25, 0.3) is 0 Å². The zero-order valence-corrected chi connectivity index (χ0v) is 18.4. The Kier molecular flexibility index (Phi) is 5.73. The molecule has 1 fully saturated rings. The van der Waals surface area contributed by atoms with Crippen molar-refractivity contribution in [1.82, 2.24) is 19.5 Å². The van der Waals surface area contributed by atoms with E-state index in [2.05, 4.69) is 23.0 Å². The number of rotatable bonds is 6. The quantitative estimate of drug-likeness (QED) is 0.542. The molecule has 5 rings (SSSR count). The fraction of sp³-hybridized carbons (Fsp3) is 0.542. The van der Waals surface area contributed by atoms with Crippen molar-refractivity contribution in [2.24, 2.45) is 5.92 Å². The normalized spacial score (nSPS) is 25.2. The van der Waals surface area contributed by atoms with Crippen LogP contribution in [0, 0.1) is 5.92 Å². The molecule has 4 N–H and O–H groups in total. The lowest BCUT2D eigenvalue weighted by Crippen LogP contribution is -2.31. The number of hydrogen-bond donors (Lipinski definition) is 3. The number of aromatic nitrogens is 4. The predicted octanol–water partition coefficient (Wildman–Crippen LogP) is 2.60. The Labute approximate surface area is 187 Å². The summed E-state index contributed by atoms with van der Waals surface area (Å²) in [5.74, 6) is 1.12. The SMILES string of the molecule is CCCc1cc(OCC2C[C@@H](n3ccc4c(N)ncnc43)[C@H](O)[C@@H]2O)c2c(n1)CCCC2. The summed E-state index contributed by atoms with van der Waals surface area (Å²) in [5, 5.41) is 22.4. The van der Waals surface area contributed by atoms with Crippen molar-refractivity contribution in [2.45, 2.75) is 70.1 Å². The minimum atomic E-state index is -0.905. The topological polar surface area (TPSA) is 119 Å². The fourth-order valence-corrected chi connectivity index (χ4v) is 5.23. The number of hydrogen-bond acceptors (Lipinski definition) is 7. The first-order valence-electron chi connectivity index (χ1n) is 11.6. The molecular formula is C24H31N5O3. The zero-order valence-electron chi connectivity index (χ0n) is 18.4. The summed E-state index contributed by atoms with van der Waals surface area (Å²) in [6, 6.07) is 3.63. The van der Waals surface area contributed by atoms with Crippen LogP contribution in [0.15, 0.2) is 24.7 Å². The van der Waals surface area contributed by atoms with Gasteiger partial charge in [0, 0.05) is 35.1 Å². The van der Waals surface area contributed by atoms with Crippen LogP contribution in [-0.2, 0) is 19.3 Å². The highest BCUT2D eigenvalue weighted by Crippen LogP contribution is 2.38. The van der Waals surface area contributed by atoms with Gasteiger partial charge in [-0.05, 0) is 44.6 Å². The Balaban J connectivity index is 1.35. The molecule has 0 saturated heterocycles. The van der Waals surface area contributed by atoms with Gasteiger partial charge in [-0.3, -0.25) is 4.98 Å². The molecule has 2 aliphatic carbocycles. The van der Waals surface area contributed by atoms with Gasteiger partial charge < -0.3 is 25.3 Å². The maximum atomic E-state index is 10.8. The second kappa shape index (κ2) is 8.67. The monoisotopic (exact) mass is 437 g/mol. The van der Waals surface area contributed by atoms with E-state index in [1.807, 2.05) is 16.8 Å². The van der Waals surface area contributed by atoms with Gasteiger partial charge in [0.05, 0.1) is 24.1 Å². The summed E-state index contributed by atoms with van der Waals surface area (Å²) in [6.45, 7) is 2.51. The van der Waals surface area contributed by atoms with Gasteiger partial charge in [-0.25, -0.2) is 9.97 Å². The van der Waals surface area contributed by atoms with E-state index in [0.29, 0.717) is 24.5 Å². The summed E-state index contributed by atoms with van der Waals surface area (Å²) in [7, 11) is 0. The van der Waals surface area contributed by atoms with Gasteiger partial charge in [-0.15, -0.1) is 0 Å². The van der Waals surface area contributed by atoms with E-state index in [4.69, 9.17) is 15.5 Å². The molecule has 1 saturated carbocycles. The summed E-state index contributed by atoms with van der Waals surface area (Å²) in [6.07, 6.45) is 8.37. The molecule has 4 atom stereocenters. The standard InChI is InChI=1S/C24H31N5O3/c1-2-5-15-11-20(16-6-3-4-7-18(16)28-15)32-12-14-10-19(22(31)21(14)30)29-9-8-17-23(25)26-13-27-24(17)29/h8-9,11,13-14,19,21-22,30-31H,2-7,10,12H2,1H3,(H2,25,26,27)/t14?,19-,21-,22+/m1/s1. The molecule has 8 heteroatoms. The second-order valence-corrected chi connectivity index (χ2v) is 9.07. The van der Waals surface area contributed by atoms with E-state index in [9.17, 15) is 10.2 Å². The molecular weight excluding hydrogens is 406 g/mol. The molecule has 3 aromatic heterocycles. The number of pyridine rings is 1. The summed E-state index contributed by atoms with van der Waals surface area (Å²) in [4.78, 5) is 13.2. The van der Waals surface area contributed by atoms with E-state index >= 15 is 0 Å². The average Bonchev–Trinajstić information content (AvgIpc) is 3.35. The molecule has 32 heavy (non-hydrogen) atoms. The lowest BCUT2D eigenvalue weighted by molar-refractivity contribution is -0.00151. The highest BCUT2D eigenvalue weighted by atomic mass is 16.5. The maximum absolute atomic E-state index is 10.8. The third-order valence-electron chi connectivity index (χ3n) is 6.94. The molecule has 2 aliphatic rings. The molecule has 0 aromatic carbocycles. The molecule has 0 bridgehead atoms. The van der Waals surface area contributed by atoms with Crippen molar-refractivity contribution in [3.8, 4) is 5.75 Å². The Bertz CT molecular complexity index is 1110. The van der Waals surface area contributed by atoms with Crippen LogP contribution in [0.3, 0.4) is 0 Å². The van der Waals surface area contributed by atoms with Gasteiger partial charge in [0.1, 0.15) is 29.6 Å². The van der Waals surface area contributed by atoms with Crippen molar-refractivity contribution in [2.75, 3.05) is 12.3 Å². The Hall–Kier alpha value is -2.71. The van der Waals surface area contributed by atoms with Crippen LogP contribution in [0.2, 0.25) is 0 Å². The summed E-state index contributed by atoms with van der Waals surface area (Å²) < 4.78 is 8.20. The Morgan fingerprint density at radius 3 is 2.88 bits per heavy atom. The number of nitrogens with zero attached hydrogens (tertiary/aromatic N) is 4. The lowest BCUT2D eigenvalue weighted by Gasteiger charge is -2.22. The molecule has 0 aliphatic heterocycles. The van der Waals surface area contributed by atoms with Crippen LogP contribution in [0.1, 0.15) is 55.6 Å². The number of aliphatic hydroxyl groups is 2. The number of aliphatic hydroxyl groups excluding tert-OH is 2. The van der Waals surface area contributed by atoms with E-state index in [1.165, 1.54) is 18.3 Å². The van der Waals surface area contributed by atoms with Crippen molar-refractivity contribution >= 4 is 16.9 Å².